The molecule has 0 spiro atoms. The quantitative estimate of drug-likeness (QED) is 0.842. The Labute approximate surface area is 166 Å². The standard InChI is InChI=1S/C19H20FN5O4/c1-23-7-11-8-24(9-13(11)22-23)15-3-10-4-16-17(6-21-18(26)28-2)29-19(27)25(16)14(10)5-12(15)20/h3,5,7,16-17H,4,6,8-9H2,1-2H3,(H,21,26)/t16-,17-/m0/s1. The molecule has 1 N–H and O–H groups in total. The number of aromatic nitrogens is 2. The van der Waals surface area contributed by atoms with Gasteiger partial charge in [0, 0.05) is 31.4 Å². The van der Waals surface area contributed by atoms with Crippen LogP contribution >= 0.6 is 0 Å². The van der Waals surface area contributed by atoms with Crippen LogP contribution in [0.4, 0.5) is 25.4 Å². The first kappa shape index (κ1) is 17.8. The van der Waals surface area contributed by atoms with Crippen LogP contribution in [0.2, 0.25) is 0 Å². The molecule has 2 atom stereocenters. The number of carbonyl (C=O) groups is 2. The number of methoxy groups -OCH3 is 1. The highest BCUT2D eigenvalue weighted by molar-refractivity contribution is 5.94. The lowest BCUT2D eigenvalue weighted by Crippen LogP contribution is -2.40. The molecule has 0 unspecified atom stereocenters. The number of nitrogens with one attached hydrogen (secondary N) is 1. The first-order valence-electron chi connectivity index (χ1n) is 9.35. The van der Waals surface area contributed by atoms with E-state index in [-0.39, 0.29) is 18.4 Å². The van der Waals surface area contributed by atoms with Crippen LogP contribution in [-0.4, -0.2) is 47.8 Å². The molecule has 4 heterocycles. The predicted molar refractivity (Wildman–Crippen MR) is 100 cm³/mol. The number of nitrogens with zero attached hydrogens (tertiary/aromatic N) is 4. The summed E-state index contributed by atoms with van der Waals surface area (Å²) in [6, 6.07) is 2.92. The fourth-order valence-electron chi connectivity index (χ4n) is 4.41. The third kappa shape index (κ3) is 2.78. The molecule has 0 bridgehead atoms. The highest BCUT2D eigenvalue weighted by Gasteiger charge is 2.48. The van der Waals surface area contributed by atoms with Crippen LogP contribution in [0.3, 0.4) is 0 Å². The van der Waals surface area contributed by atoms with E-state index in [0.29, 0.717) is 30.9 Å². The van der Waals surface area contributed by atoms with Gasteiger partial charge in [-0.05, 0) is 18.1 Å². The van der Waals surface area contributed by atoms with E-state index in [0.717, 1.165) is 16.8 Å². The molecule has 1 saturated heterocycles. The Morgan fingerprint density at radius 2 is 2.17 bits per heavy atom. The molecular formula is C19H20FN5O4. The zero-order valence-corrected chi connectivity index (χ0v) is 16.0. The minimum absolute atomic E-state index is 0.135. The van der Waals surface area contributed by atoms with Gasteiger partial charge in [0.05, 0.1) is 43.3 Å². The molecular weight excluding hydrogens is 381 g/mol. The zero-order chi connectivity index (χ0) is 20.3. The largest absolute Gasteiger partial charge is 0.453 e. The number of anilines is 2. The van der Waals surface area contributed by atoms with Crippen molar-refractivity contribution in [2.75, 3.05) is 23.5 Å². The number of aryl methyl sites for hydroxylation is 1. The maximum Gasteiger partial charge on any atom is 0.415 e. The van der Waals surface area contributed by atoms with Gasteiger partial charge < -0.3 is 19.7 Å². The van der Waals surface area contributed by atoms with Gasteiger partial charge in [0.2, 0.25) is 0 Å². The van der Waals surface area contributed by atoms with Crippen LogP contribution < -0.4 is 15.1 Å². The lowest BCUT2D eigenvalue weighted by Gasteiger charge is -2.20. The normalized spacial score (nSPS) is 21.7. The lowest BCUT2D eigenvalue weighted by molar-refractivity contribution is 0.123. The Morgan fingerprint density at radius 1 is 1.34 bits per heavy atom. The van der Waals surface area contributed by atoms with E-state index in [4.69, 9.17) is 4.74 Å². The van der Waals surface area contributed by atoms with Gasteiger partial charge in [-0.1, -0.05) is 0 Å². The average molecular weight is 401 g/mol. The summed E-state index contributed by atoms with van der Waals surface area (Å²) in [7, 11) is 3.14. The van der Waals surface area contributed by atoms with E-state index < -0.39 is 18.3 Å². The van der Waals surface area contributed by atoms with Crippen LogP contribution in [0, 0.1) is 5.82 Å². The van der Waals surface area contributed by atoms with Crippen molar-refractivity contribution in [1.29, 1.82) is 0 Å². The molecule has 1 aromatic carbocycles. The van der Waals surface area contributed by atoms with Crippen molar-refractivity contribution < 1.29 is 23.5 Å². The van der Waals surface area contributed by atoms with E-state index in [1.807, 2.05) is 24.2 Å². The molecule has 0 radical (unpaired) electrons. The van der Waals surface area contributed by atoms with E-state index in [9.17, 15) is 14.0 Å². The van der Waals surface area contributed by atoms with Gasteiger partial charge in [0.25, 0.3) is 0 Å². The SMILES string of the molecule is COC(=O)NC[C@@H]1OC(=O)N2c3cc(F)c(N4Cc5cn(C)nc5C4)cc3C[C@@H]12. The molecule has 10 heteroatoms. The van der Waals surface area contributed by atoms with Crippen molar-refractivity contribution in [1.82, 2.24) is 15.1 Å². The molecule has 2 amide bonds. The number of fused-ring (bicyclic) bond motifs is 4. The highest BCUT2D eigenvalue weighted by Crippen LogP contribution is 2.42. The number of hydrogen-bond donors (Lipinski definition) is 1. The zero-order valence-electron chi connectivity index (χ0n) is 16.0. The summed E-state index contributed by atoms with van der Waals surface area (Å²) >= 11 is 0. The van der Waals surface area contributed by atoms with Gasteiger partial charge in [-0.2, -0.15) is 5.10 Å². The summed E-state index contributed by atoms with van der Waals surface area (Å²) in [5.41, 5.74) is 3.95. The van der Waals surface area contributed by atoms with Gasteiger partial charge >= 0.3 is 12.2 Å². The predicted octanol–water partition coefficient (Wildman–Crippen LogP) is 1.69. The fraction of sp³-hybridized carbons (Fsp3) is 0.421. The Morgan fingerprint density at radius 3 is 2.93 bits per heavy atom. The molecule has 0 saturated carbocycles. The van der Waals surface area contributed by atoms with Crippen molar-refractivity contribution >= 4 is 23.6 Å². The lowest BCUT2D eigenvalue weighted by atomic mass is 10.0. The molecule has 152 valence electrons. The van der Waals surface area contributed by atoms with Crippen LogP contribution in [-0.2, 0) is 36.0 Å². The second-order valence-electron chi connectivity index (χ2n) is 7.50. The first-order valence-corrected chi connectivity index (χ1v) is 9.35. The molecule has 5 rings (SSSR count). The molecule has 2 aromatic rings. The molecule has 29 heavy (non-hydrogen) atoms. The number of rotatable bonds is 3. The number of alkyl carbamates (subject to hydrolysis) is 1. The summed E-state index contributed by atoms with van der Waals surface area (Å²) in [5, 5.41) is 6.97. The minimum Gasteiger partial charge on any atom is -0.453 e. The van der Waals surface area contributed by atoms with E-state index in [1.165, 1.54) is 18.1 Å². The second-order valence-corrected chi connectivity index (χ2v) is 7.50. The van der Waals surface area contributed by atoms with Crippen molar-refractivity contribution in [3.8, 4) is 0 Å². The summed E-state index contributed by atoms with van der Waals surface area (Å²) in [5.74, 6) is -0.386. The van der Waals surface area contributed by atoms with Crippen LogP contribution in [0.1, 0.15) is 16.8 Å². The van der Waals surface area contributed by atoms with Gasteiger partial charge in [-0.3, -0.25) is 9.58 Å². The van der Waals surface area contributed by atoms with E-state index in [2.05, 4.69) is 15.2 Å². The Balaban J connectivity index is 1.38. The van der Waals surface area contributed by atoms with E-state index >= 15 is 0 Å². The number of cyclic esters (lactones) is 1. The number of carbonyl (C=O) groups excluding carboxylic acids is 2. The molecule has 1 fully saturated rings. The molecule has 1 aromatic heterocycles. The van der Waals surface area contributed by atoms with Gasteiger partial charge in [0.1, 0.15) is 11.9 Å². The monoisotopic (exact) mass is 401 g/mol. The maximum absolute atomic E-state index is 15.0. The Kier molecular flexibility index (Phi) is 3.90. The van der Waals surface area contributed by atoms with Crippen LogP contribution in [0.25, 0.3) is 0 Å². The highest BCUT2D eigenvalue weighted by atomic mass is 19.1. The second kappa shape index (κ2) is 6.36. The molecule has 9 nitrogen and oxygen atoms in total. The number of benzene rings is 1. The number of amides is 2. The Hall–Kier alpha value is -3.30. The third-order valence-corrected chi connectivity index (χ3v) is 5.71. The number of halogens is 1. The van der Waals surface area contributed by atoms with Crippen molar-refractivity contribution in [2.45, 2.75) is 31.7 Å². The first-order chi connectivity index (χ1) is 13.9. The van der Waals surface area contributed by atoms with Crippen molar-refractivity contribution in [2.24, 2.45) is 7.05 Å². The maximum atomic E-state index is 15.0. The van der Waals surface area contributed by atoms with Crippen molar-refractivity contribution in [3.63, 3.8) is 0 Å². The topological polar surface area (TPSA) is 88.9 Å². The smallest absolute Gasteiger partial charge is 0.415 e. The van der Waals surface area contributed by atoms with Gasteiger partial charge in [0.15, 0.2) is 0 Å². The van der Waals surface area contributed by atoms with E-state index in [1.54, 1.807) is 4.68 Å². The summed E-state index contributed by atoms with van der Waals surface area (Å²) in [6.45, 7) is 1.28. The number of ether oxygens (including phenoxy) is 2. The minimum atomic E-state index is -0.592. The molecule has 3 aliphatic heterocycles. The fourth-order valence-corrected chi connectivity index (χ4v) is 4.41. The van der Waals surface area contributed by atoms with Crippen LogP contribution in [0.15, 0.2) is 18.3 Å². The molecule has 3 aliphatic rings. The van der Waals surface area contributed by atoms with Crippen molar-refractivity contribution in [3.05, 3.63) is 41.0 Å². The third-order valence-electron chi connectivity index (χ3n) is 5.71. The van der Waals surface area contributed by atoms with Gasteiger partial charge in [-0.15, -0.1) is 0 Å². The summed E-state index contributed by atoms with van der Waals surface area (Å²) < 4.78 is 26.7. The van der Waals surface area contributed by atoms with Gasteiger partial charge in [-0.25, -0.2) is 14.0 Å². The summed E-state index contributed by atoms with van der Waals surface area (Å²) in [6.07, 6.45) is 0.830. The number of hydrogen-bond acceptors (Lipinski definition) is 6. The summed E-state index contributed by atoms with van der Waals surface area (Å²) in [4.78, 5) is 27.1. The average Bonchev–Trinajstić information content (AvgIpc) is 3.39. The Bertz CT molecular complexity index is 999. The van der Waals surface area contributed by atoms with Crippen LogP contribution in [0.5, 0.6) is 0 Å². The molecule has 0 aliphatic carbocycles.